The number of carbonyl (C=O) groups is 1. The van der Waals surface area contributed by atoms with Crippen molar-refractivity contribution in [2.75, 3.05) is 19.8 Å². The quantitative estimate of drug-likeness (QED) is 0.831. The second-order valence-electron chi connectivity index (χ2n) is 5.17. The lowest BCUT2D eigenvalue weighted by Crippen LogP contribution is -2.38. The number of aryl methyl sites for hydroxylation is 1. The normalized spacial score (nSPS) is 15.1. The Morgan fingerprint density at radius 3 is 2.90 bits per heavy atom. The zero-order chi connectivity index (χ0) is 15.1. The van der Waals surface area contributed by atoms with Crippen LogP contribution in [0, 0.1) is 18.8 Å². The molecule has 112 valence electrons. The molecular formula is C17H21NO3. The number of hydrogen-bond acceptors (Lipinski definition) is 3. The molecule has 1 fully saturated rings. The number of carbonyl (C=O) groups excluding carboxylic acids is 1. The molecule has 0 radical (unpaired) electrons. The second-order valence-corrected chi connectivity index (χ2v) is 5.17. The number of benzene rings is 1. The van der Waals surface area contributed by atoms with Gasteiger partial charge in [0, 0.05) is 36.8 Å². The van der Waals surface area contributed by atoms with Crippen LogP contribution in [-0.2, 0) is 4.74 Å². The zero-order valence-corrected chi connectivity index (χ0v) is 12.3. The van der Waals surface area contributed by atoms with E-state index in [1.54, 1.807) is 0 Å². The maximum absolute atomic E-state index is 12.3. The molecule has 1 aromatic rings. The van der Waals surface area contributed by atoms with E-state index >= 15 is 0 Å². The monoisotopic (exact) mass is 287 g/mol. The Morgan fingerprint density at radius 1 is 1.43 bits per heavy atom. The molecule has 1 saturated heterocycles. The smallest absolute Gasteiger partial charge is 0.251 e. The van der Waals surface area contributed by atoms with Crippen molar-refractivity contribution in [3.63, 3.8) is 0 Å². The average Bonchev–Trinajstić information content (AvgIpc) is 2.50. The first-order chi connectivity index (χ1) is 10.2. The summed E-state index contributed by atoms with van der Waals surface area (Å²) in [5.41, 5.74) is 2.49. The summed E-state index contributed by atoms with van der Waals surface area (Å²) in [5.74, 6) is 5.83. The van der Waals surface area contributed by atoms with Crippen molar-refractivity contribution in [1.82, 2.24) is 5.32 Å². The van der Waals surface area contributed by atoms with E-state index in [1.165, 1.54) is 0 Å². The minimum absolute atomic E-state index is 0.0516. The van der Waals surface area contributed by atoms with Crippen LogP contribution in [0.1, 0.15) is 40.7 Å². The summed E-state index contributed by atoms with van der Waals surface area (Å²) in [4.78, 5) is 12.3. The van der Waals surface area contributed by atoms with Gasteiger partial charge in [-0.2, -0.15) is 0 Å². The fourth-order valence-electron chi connectivity index (χ4n) is 2.22. The average molecular weight is 287 g/mol. The lowest BCUT2D eigenvalue weighted by atomic mass is 10.0. The van der Waals surface area contributed by atoms with Gasteiger partial charge in [-0.1, -0.05) is 17.9 Å². The van der Waals surface area contributed by atoms with Crippen LogP contribution in [0.4, 0.5) is 0 Å². The molecular weight excluding hydrogens is 266 g/mol. The van der Waals surface area contributed by atoms with Crippen LogP contribution in [0.15, 0.2) is 18.2 Å². The molecule has 1 aliphatic heterocycles. The molecule has 4 nitrogen and oxygen atoms in total. The lowest BCUT2D eigenvalue weighted by molar-refractivity contribution is 0.0696. The van der Waals surface area contributed by atoms with Crippen molar-refractivity contribution < 1.29 is 14.6 Å². The van der Waals surface area contributed by atoms with Crippen molar-refractivity contribution in [3.8, 4) is 11.8 Å². The topological polar surface area (TPSA) is 58.6 Å². The van der Waals surface area contributed by atoms with E-state index in [0.717, 1.165) is 24.0 Å². The van der Waals surface area contributed by atoms with Crippen molar-refractivity contribution in [2.24, 2.45) is 0 Å². The Kier molecular flexibility index (Phi) is 5.79. The summed E-state index contributed by atoms with van der Waals surface area (Å²) in [6, 6.07) is 5.73. The molecule has 2 rings (SSSR count). The zero-order valence-electron chi connectivity index (χ0n) is 12.3. The van der Waals surface area contributed by atoms with Crippen molar-refractivity contribution >= 4 is 5.91 Å². The van der Waals surface area contributed by atoms with Gasteiger partial charge in [0.25, 0.3) is 5.91 Å². The molecule has 0 bridgehead atoms. The van der Waals surface area contributed by atoms with E-state index in [0.29, 0.717) is 25.2 Å². The molecule has 0 saturated carbocycles. The molecule has 2 N–H and O–H groups in total. The van der Waals surface area contributed by atoms with E-state index < -0.39 is 0 Å². The summed E-state index contributed by atoms with van der Waals surface area (Å²) in [6.45, 7) is 3.42. The van der Waals surface area contributed by atoms with Gasteiger partial charge >= 0.3 is 0 Å². The van der Waals surface area contributed by atoms with Crippen LogP contribution in [0.3, 0.4) is 0 Å². The van der Waals surface area contributed by atoms with E-state index in [1.807, 2.05) is 25.1 Å². The molecule has 0 atom stereocenters. The number of aliphatic hydroxyl groups excluding tert-OH is 1. The van der Waals surface area contributed by atoms with Gasteiger partial charge in [-0.15, -0.1) is 0 Å². The van der Waals surface area contributed by atoms with E-state index in [2.05, 4.69) is 17.2 Å². The molecule has 1 aromatic carbocycles. The molecule has 1 heterocycles. The third-order valence-electron chi connectivity index (χ3n) is 3.52. The van der Waals surface area contributed by atoms with Gasteiger partial charge in [0.2, 0.25) is 0 Å². The SMILES string of the molecule is Cc1ccc(C(=O)NC2CCOCC2)cc1C#CCCO. The summed E-state index contributed by atoms with van der Waals surface area (Å²) < 4.78 is 5.29. The van der Waals surface area contributed by atoms with E-state index in [4.69, 9.17) is 9.84 Å². The number of hydrogen-bond donors (Lipinski definition) is 2. The molecule has 1 amide bonds. The maximum atomic E-state index is 12.3. The Labute approximate surface area is 125 Å². The Bertz CT molecular complexity index is 551. The first kappa shape index (κ1) is 15.6. The third-order valence-corrected chi connectivity index (χ3v) is 3.52. The molecule has 0 spiro atoms. The number of amides is 1. The highest BCUT2D eigenvalue weighted by Gasteiger charge is 2.17. The van der Waals surface area contributed by atoms with Gasteiger partial charge in [-0.25, -0.2) is 0 Å². The van der Waals surface area contributed by atoms with E-state index in [-0.39, 0.29) is 18.6 Å². The van der Waals surface area contributed by atoms with Gasteiger partial charge in [-0.3, -0.25) is 4.79 Å². The first-order valence-corrected chi connectivity index (χ1v) is 7.29. The van der Waals surface area contributed by atoms with Gasteiger partial charge in [0.05, 0.1) is 6.61 Å². The largest absolute Gasteiger partial charge is 0.395 e. The fourth-order valence-corrected chi connectivity index (χ4v) is 2.22. The minimum atomic E-state index is -0.0629. The highest BCUT2D eigenvalue weighted by molar-refractivity contribution is 5.94. The molecule has 0 aromatic heterocycles. The highest BCUT2D eigenvalue weighted by atomic mass is 16.5. The summed E-state index contributed by atoms with van der Waals surface area (Å²) in [5, 5.41) is 11.8. The molecule has 21 heavy (non-hydrogen) atoms. The van der Waals surface area contributed by atoms with Crippen LogP contribution < -0.4 is 5.32 Å². The first-order valence-electron chi connectivity index (χ1n) is 7.29. The standard InChI is InChI=1S/C17H21NO3/c1-13-5-6-15(12-14(13)4-2-3-9-19)17(20)18-16-7-10-21-11-8-16/h5-6,12,16,19H,3,7-11H2,1H3,(H,18,20). The summed E-state index contributed by atoms with van der Waals surface area (Å²) >= 11 is 0. The molecule has 1 aliphatic rings. The maximum Gasteiger partial charge on any atom is 0.251 e. The second kappa shape index (κ2) is 7.82. The highest BCUT2D eigenvalue weighted by Crippen LogP contribution is 2.12. The van der Waals surface area contributed by atoms with Gasteiger partial charge < -0.3 is 15.2 Å². The van der Waals surface area contributed by atoms with Gasteiger partial charge in [0.15, 0.2) is 0 Å². The Balaban J connectivity index is 2.07. The van der Waals surface area contributed by atoms with Crippen molar-refractivity contribution in [2.45, 2.75) is 32.2 Å². The van der Waals surface area contributed by atoms with E-state index in [9.17, 15) is 4.79 Å². The third kappa shape index (κ3) is 4.59. The number of rotatable bonds is 3. The number of aliphatic hydroxyl groups is 1. The molecule has 0 aliphatic carbocycles. The summed E-state index contributed by atoms with van der Waals surface area (Å²) in [6.07, 6.45) is 2.17. The predicted octanol–water partition coefficient (Wildman–Crippen LogP) is 1.64. The van der Waals surface area contributed by atoms with Crippen LogP contribution >= 0.6 is 0 Å². The van der Waals surface area contributed by atoms with Crippen LogP contribution in [-0.4, -0.2) is 36.9 Å². The Morgan fingerprint density at radius 2 is 2.19 bits per heavy atom. The van der Waals surface area contributed by atoms with Crippen molar-refractivity contribution in [1.29, 1.82) is 0 Å². The lowest BCUT2D eigenvalue weighted by Gasteiger charge is -2.23. The molecule has 4 heteroatoms. The number of nitrogens with one attached hydrogen (secondary N) is 1. The minimum Gasteiger partial charge on any atom is -0.395 e. The van der Waals surface area contributed by atoms with Gasteiger partial charge in [-0.05, 0) is 37.5 Å². The van der Waals surface area contributed by atoms with Crippen LogP contribution in [0.2, 0.25) is 0 Å². The van der Waals surface area contributed by atoms with Crippen molar-refractivity contribution in [3.05, 3.63) is 34.9 Å². The predicted molar refractivity (Wildman–Crippen MR) is 81.1 cm³/mol. The summed E-state index contributed by atoms with van der Waals surface area (Å²) in [7, 11) is 0. The Hall–Kier alpha value is -1.83. The fraction of sp³-hybridized carbons (Fsp3) is 0.471. The van der Waals surface area contributed by atoms with Crippen LogP contribution in [0.25, 0.3) is 0 Å². The molecule has 0 unspecified atom stereocenters. The number of ether oxygens (including phenoxy) is 1. The van der Waals surface area contributed by atoms with Crippen LogP contribution in [0.5, 0.6) is 0 Å². The van der Waals surface area contributed by atoms with Gasteiger partial charge in [0.1, 0.15) is 0 Å².